The molecule has 0 amide bonds. The van der Waals surface area contributed by atoms with E-state index in [1.165, 1.54) is 25.3 Å². The molecule has 1 aromatic rings. The van der Waals surface area contributed by atoms with E-state index in [4.69, 9.17) is 0 Å². The molecule has 0 spiro atoms. The third kappa shape index (κ3) is 2.66. The van der Waals surface area contributed by atoms with Gasteiger partial charge in [0.2, 0.25) is 0 Å². The molecule has 18 heavy (non-hydrogen) atoms. The summed E-state index contributed by atoms with van der Waals surface area (Å²) in [7, 11) is 0. The van der Waals surface area contributed by atoms with Crippen molar-refractivity contribution in [1.29, 1.82) is 0 Å². The van der Waals surface area contributed by atoms with Gasteiger partial charge in [-0.25, -0.2) is 4.39 Å². The molecule has 0 atom stereocenters. The lowest BCUT2D eigenvalue weighted by atomic mass is 9.93. The number of aliphatic hydroxyl groups excluding tert-OH is 1. The van der Waals surface area contributed by atoms with E-state index in [0.717, 1.165) is 19.4 Å². The molecule has 2 nitrogen and oxygen atoms in total. The molecule has 1 aromatic carbocycles. The Morgan fingerprint density at radius 2 is 2.00 bits per heavy atom. The predicted octanol–water partition coefficient (Wildman–Crippen LogP) is 3.48. The maximum Gasteiger partial charge on any atom is 0.146 e. The van der Waals surface area contributed by atoms with E-state index in [0.29, 0.717) is 17.3 Å². The Hall–Kier alpha value is -1.09. The van der Waals surface area contributed by atoms with Gasteiger partial charge in [-0.2, -0.15) is 0 Å². The Morgan fingerprint density at radius 1 is 1.28 bits per heavy atom. The molecule has 1 N–H and O–H groups in total. The molecule has 0 bridgehead atoms. The first-order valence-corrected chi connectivity index (χ1v) is 6.92. The van der Waals surface area contributed by atoms with Gasteiger partial charge in [0.25, 0.3) is 0 Å². The summed E-state index contributed by atoms with van der Waals surface area (Å²) < 4.78 is 14.1. The highest BCUT2D eigenvalue weighted by Crippen LogP contribution is 2.31. The van der Waals surface area contributed by atoms with Crippen molar-refractivity contribution in [2.75, 3.05) is 11.4 Å². The molecule has 100 valence electrons. The van der Waals surface area contributed by atoms with Crippen LogP contribution in [0.25, 0.3) is 0 Å². The summed E-state index contributed by atoms with van der Waals surface area (Å²) in [6, 6.07) is 5.38. The van der Waals surface area contributed by atoms with Crippen LogP contribution in [-0.2, 0) is 6.61 Å². The summed E-state index contributed by atoms with van der Waals surface area (Å²) in [4.78, 5) is 2.14. The maximum atomic E-state index is 14.1. The van der Waals surface area contributed by atoms with Gasteiger partial charge in [0.15, 0.2) is 0 Å². The van der Waals surface area contributed by atoms with Gasteiger partial charge in [-0.1, -0.05) is 31.4 Å². The SMILES string of the molecule is CCN(c1c(F)cccc1CO)C1CCCCC1. The normalized spacial score (nSPS) is 16.8. The smallest absolute Gasteiger partial charge is 0.146 e. The van der Waals surface area contributed by atoms with Crippen LogP contribution in [0, 0.1) is 5.82 Å². The Balaban J connectivity index is 2.31. The average Bonchev–Trinajstić information content (AvgIpc) is 2.42. The van der Waals surface area contributed by atoms with Crippen LogP contribution < -0.4 is 4.90 Å². The second kappa shape index (κ2) is 6.19. The van der Waals surface area contributed by atoms with E-state index in [9.17, 15) is 9.50 Å². The van der Waals surface area contributed by atoms with Crippen LogP contribution in [0.15, 0.2) is 18.2 Å². The Labute approximate surface area is 108 Å². The van der Waals surface area contributed by atoms with Crippen molar-refractivity contribution in [3.05, 3.63) is 29.6 Å². The van der Waals surface area contributed by atoms with Gasteiger partial charge in [-0.15, -0.1) is 0 Å². The zero-order valence-corrected chi connectivity index (χ0v) is 11.0. The first kappa shape index (κ1) is 13.3. The Morgan fingerprint density at radius 3 is 2.61 bits per heavy atom. The molecular weight excluding hydrogens is 229 g/mol. The van der Waals surface area contributed by atoms with Gasteiger partial charge in [-0.3, -0.25) is 0 Å². The highest BCUT2D eigenvalue weighted by atomic mass is 19.1. The minimum Gasteiger partial charge on any atom is -0.392 e. The summed E-state index contributed by atoms with van der Waals surface area (Å²) in [5.41, 5.74) is 1.30. The third-order valence-corrected chi connectivity index (χ3v) is 3.88. The first-order chi connectivity index (χ1) is 8.77. The van der Waals surface area contributed by atoms with E-state index < -0.39 is 0 Å². The average molecular weight is 251 g/mol. The van der Waals surface area contributed by atoms with Gasteiger partial charge in [-0.05, 0) is 25.8 Å². The minimum atomic E-state index is -0.214. The molecule has 1 saturated carbocycles. The van der Waals surface area contributed by atoms with Crippen molar-refractivity contribution in [2.24, 2.45) is 0 Å². The monoisotopic (exact) mass is 251 g/mol. The van der Waals surface area contributed by atoms with Crippen LogP contribution in [0.4, 0.5) is 10.1 Å². The van der Waals surface area contributed by atoms with Crippen molar-refractivity contribution >= 4 is 5.69 Å². The number of hydrogen-bond acceptors (Lipinski definition) is 2. The van der Waals surface area contributed by atoms with Crippen LogP contribution >= 0.6 is 0 Å². The largest absolute Gasteiger partial charge is 0.392 e. The fourth-order valence-electron chi connectivity index (χ4n) is 3.00. The van der Waals surface area contributed by atoms with Gasteiger partial charge >= 0.3 is 0 Å². The van der Waals surface area contributed by atoms with Gasteiger partial charge in [0, 0.05) is 18.2 Å². The molecule has 0 heterocycles. The molecule has 0 saturated heterocycles. The van der Waals surface area contributed by atoms with E-state index in [1.54, 1.807) is 6.07 Å². The van der Waals surface area contributed by atoms with Crippen molar-refractivity contribution in [2.45, 2.75) is 51.7 Å². The zero-order chi connectivity index (χ0) is 13.0. The molecule has 0 aliphatic heterocycles. The highest BCUT2D eigenvalue weighted by molar-refractivity contribution is 5.55. The van der Waals surface area contributed by atoms with E-state index in [1.807, 2.05) is 6.07 Å². The molecule has 3 heteroatoms. The van der Waals surface area contributed by atoms with Crippen LogP contribution in [0.3, 0.4) is 0 Å². The number of nitrogens with zero attached hydrogens (tertiary/aromatic N) is 1. The summed E-state index contributed by atoms with van der Waals surface area (Å²) >= 11 is 0. The lowest BCUT2D eigenvalue weighted by molar-refractivity contribution is 0.280. The Kier molecular flexibility index (Phi) is 4.59. The van der Waals surface area contributed by atoms with Gasteiger partial charge < -0.3 is 10.0 Å². The lowest BCUT2D eigenvalue weighted by Crippen LogP contribution is -2.38. The fourth-order valence-corrected chi connectivity index (χ4v) is 3.00. The molecule has 0 unspecified atom stereocenters. The number of hydrogen-bond donors (Lipinski definition) is 1. The molecule has 0 aromatic heterocycles. The third-order valence-electron chi connectivity index (χ3n) is 3.88. The van der Waals surface area contributed by atoms with Crippen LogP contribution in [0.2, 0.25) is 0 Å². The number of anilines is 1. The number of benzene rings is 1. The van der Waals surface area contributed by atoms with Crippen molar-refractivity contribution < 1.29 is 9.50 Å². The van der Waals surface area contributed by atoms with Crippen molar-refractivity contribution in [3.8, 4) is 0 Å². The molecule has 1 aliphatic rings. The van der Waals surface area contributed by atoms with Gasteiger partial charge in [0.05, 0.1) is 12.3 Å². The number of para-hydroxylation sites is 1. The molecular formula is C15H22FNO. The van der Waals surface area contributed by atoms with E-state index in [2.05, 4.69) is 11.8 Å². The van der Waals surface area contributed by atoms with Crippen LogP contribution in [0.5, 0.6) is 0 Å². The number of rotatable bonds is 4. The standard InChI is InChI=1S/C15H22FNO/c1-2-17(13-8-4-3-5-9-13)15-12(11-18)7-6-10-14(15)16/h6-7,10,13,18H,2-5,8-9,11H2,1H3. The fraction of sp³-hybridized carbons (Fsp3) is 0.600. The highest BCUT2D eigenvalue weighted by Gasteiger charge is 2.24. The minimum absolute atomic E-state index is 0.101. The molecule has 1 fully saturated rings. The number of aliphatic hydroxyl groups is 1. The molecule has 1 aliphatic carbocycles. The van der Waals surface area contributed by atoms with E-state index >= 15 is 0 Å². The van der Waals surface area contributed by atoms with Crippen LogP contribution in [-0.4, -0.2) is 17.7 Å². The summed E-state index contributed by atoms with van der Waals surface area (Å²) in [6.07, 6.45) is 6.01. The summed E-state index contributed by atoms with van der Waals surface area (Å²) in [5, 5.41) is 9.39. The van der Waals surface area contributed by atoms with Crippen molar-refractivity contribution in [1.82, 2.24) is 0 Å². The topological polar surface area (TPSA) is 23.5 Å². The van der Waals surface area contributed by atoms with Gasteiger partial charge in [0.1, 0.15) is 5.82 Å². The van der Waals surface area contributed by atoms with Crippen LogP contribution in [0.1, 0.15) is 44.6 Å². The predicted molar refractivity (Wildman–Crippen MR) is 72.2 cm³/mol. The molecule has 2 rings (SSSR count). The first-order valence-electron chi connectivity index (χ1n) is 6.92. The van der Waals surface area contributed by atoms with E-state index in [-0.39, 0.29) is 12.4 Å². The molecule has 0 radical (unpaired) electrons. The summed E-state index contributed by atoms with van der Waals surface area (Å²) in [5.74, 6) is -0.214. The zero-order valence-electron chi connectivity index (χ0n) is 11.0. The maximum absolute atomic E-state index is 14.1. The Bertz CT molecular complexity index is 388. The number of halogens is 1. The lowest BCUT2D eigenvalue weighted by Gasteiger charge is -2.36. The second-order valence-electron chi connectivity index (χ2n) is 4.98. The quantitative estimate of drug-likeness (QED) is 0.885. The summed E-state index contributed by atoms with van der Waals surface area (Å²) in [6.45, 7) is 2.75. The second-order valence-corrected chi connectivity index (χ2v) is 4.98. The van der Waals surface area contributed by atoms with Crippen molar-refractivity contribution in [3.63, 3.8) is 0 Å².